The first-order chi connectivity index (χ1) is 22.8. The third-order valence-corrected chi connectivity index (χ3v) is 9.12. The van der Waals surface area contributed by atoms with Gasteiger partial charge in [-0.2, -0.15) is 0 Å². The van der Waals surface area contributed by atoms with Gasteiger partial charge in [-0.3, -0.25) is 4.79 Å². The van der Waals surface area contributed by atoms with Crippen LogP contribution in [0.2, 0.25) is 0 Å². The molecule has 0 saturated carbocycles. The largest absolute Gasteiger partial charge is 0.439 e. The van der Waals surface area contributed by atoms with E-state index in [1.54, 1.807) is 27.0 Å². The summed E-state index contributed by atoms with van der Waals surface area (Å²) in [5.74, 6) is 1.21. The van der Waals surface area contributed by atoms with Crippen LogP contribution in [0.1, 0.15) is 26.3 Å². The summed E-state index contributed by atoms with van der Waals surface area (Å²) in [6.45, 7) is 6.61. The Morgan fingerprint density at radius 2 is 1.21 bits per heavy atom. The first-order valence-electron chi connectivity index (χ1n) is 15.1. The van der Waals surface area contributed by atoms with Gasteiger partial charge in [0.15, 0.2) is 0 Å². The van der Waals surface area contributed by atoms with Gasteiger partial charge < -0.3 is 10.1 Å². The lowest BCUT2D eigenvalue weighted by Crippen LogP contribution is -2.11. The van der Waals surface area contributed by atoms with E-state index in [1.807, 2.05) is 133 Å². The smallest absolute Gasteiger partial charge is 0.248 e. The standard InChI is InChI=1S/C25H25NOS2.C15H13NOS/c1-25(2,3)20-14-16-22(17-15-20)27-24(26-21-10-6-4-7-11-21)18-19-28-29-23-12-8-5-9-13-23;17-15(16-13-7-3-1-4-8-13)11-12-18-14-9-5-2-6-10-14/h4-19H,1-3H3;1-12H,(H,16,17)/b19-18+,26-24?;12-11-. The molecule has 1 N–H and O–H groups in total. The van der Waals surface area contributed by atoms with Gasteiger partial charge in [0, 0.05) is 27.6 Å². The summed E-state index contributed by atoms with van der Waals surface area (Å²) >= 11 is 1.52. The molecule has 5 rings (SSSR count). The third-order valence-electron chi connectivity index (χ3n) is 6.30. The molecule has 0 heterocycles. The minimum absolute atomic E-state index is 0.116. The number of rotatable bonds is 10. The van der Waals surface area contributed by atoms with E-state index in [0.29, 0.717) is 5.90 Å². The molecule has 5 aromatic carbocycles. The highest BCUT2D eigenvalue weighted by molar-refractivity contribution is 8.77. The van der Waals surface area contributed by atoms with Gasteiger partial charge in [0.05, 0.1) is 5.69 Å². The second kappa shape index (κ2) is 19.3. The number of amides is 1. The molecule has 0 spiro atoms. The Labute approximate surface area is 290 Å². The molecule has 47 heavy (non-hydrogen) atoms. The van der Waals surface area contributed by atoms with Gasteiger partial charge in [-0.15, -0.1) is 0 Å². The molecule has 238 valence electrons. The van der Waals surface area contributed by atoms with Crippen molar-refractivity contribution in [1.82, 2.24) is 0 Å². The Balaban J connectivity index is 0.000000238. The Morgan fingerprint density at radius 3 is 1.81 bits per heavy atom. The zero-order chi connectivity index (χ0) is 33.2. The highest BCUT2D eigenvalue weighted by Crippen LogP contribution is 2.31. The van der Waals surface area contributed by atoms with Crippen molar-refractivity contribution < 1.29 is 9.53 Å². The molecule has 0 bridgehead atoms. The quantitative estimate of drug-likeness (QED) is 0.0525. The summed E-state index contributed by atoms with van der Waals surface area (Å²) in [6, 6.07) is 47.7. The summed E-state index contributed by atoms with van der Waals surface area (Å²) in [5.41, 5.74) is 3.05. The maximum Gasteiger partial charge on any atom is 0.248 e. The number of hydrogen-bond acceptors (Lipinski definition) is 6. The van der Waals surface area contributed by atoms with Crippen molar-refractivity contribution in [1.29, 1.82) is 0 Å². The molecule has 7 heteroatoms. The normalized spacial score (nSPS) is 11.6. The molecule has 4 nitrogen and oxygen atoms in total. The number of para-hydroxylation sites is 2. The Bertz CT molecular complexity index is 1720. The van der Waals surface area contributed by atoms with Crippen molar-refractivity contribution in [2.75, 3.05) is 5.32 Å². The van der Waals surface area contributed by atoms with Gasteiger partial charge in [-0.1, -0.05) is 139 Å². The fourth-order valence-corrected chi connectivity index (χ4v) is 6.16. The van der Waals surface area contributed by atoms with Crippen LogP contribution < -0.4 is 10.1 Å². The van der Waals surface area contributed by atoms with Gasteiger partial charge in [0.1, 0.15) is 5.75 Å². The van der Waals surface area contributed by atoms with Crippen LogP contribution >= 0.6 is 33.3 Å². The molecule has 0 saturated heterocycles. The average molecular weight is 675 g/mol. The lowest BCUT2D eigenvalue weighted by atomic mass is 9.87. The van der Waals surface area contributed by atoms with E-state index in [0.717, 1.165) is 22.0 Å². The van der Waals surface area contributed by atoms with Crippen LogP contribution in [0.15, 0.2) is 183 Å². The molecule has 0 radical (unpaired) electrons. The third kappa shape index (κ3) is 13.8. The van der Waals surface area contributed by atoms with Crippen LogP contribution in [0.25, 0.3) is 0 Å². The van der Waals surface area contributed by atoms with E-state index < -0.39 is 0 Å². The topological polar surface area (TPSA) is 50.7 Å². The predicted octanol–water partition coefficient (Wildman–Crippen LogP) is 12.0. The lowest BCUT2D eigenvalue weighted by Gasteiger charge is -2.19. The number of anilines is 1. The summed E-state index contributed by atoms with van der Waals surface area (Å²) in [5, 5.41) is 6.58. The molecule has 5 aromatic rings. The molecular weight excluding hydrogens is 637 g/mol. The van der Waals surface area contributed by atoms with Gasteiger partial charge in [-0.25, -0.2) is 4.99 Å². The number of benzene rings is 5. The van der Waals surface area contributed by atoms with E-state index in [-0.39, 0.29) is 11.3 Å². The maximum atomic E-state index is 11.6. The van der Waals surface area contributed by atoms with E-state index in [1.165, 1.54) is 28.3 Å². The molecule has 0 unspecified atom stereocenters. The number of nitrogens with zero attached hydrogens (tertiary/aromatic N) is 1. The molecule has 0 aliphatic heterocycles. The van der Waals surface area contributed by atoms with E-state index >= 15 is 0 Å². The van der Waals surface area contributed by atoms with Crippen LogP contribution in [0.5, 0.6) is 5.75 Å². The lowest BCUT2D eigenvalue weighted by molar-refractivity contribution is -0.111. The van der Waals surface area contributed by atoms with Crippen molar-refractivity contribution in [3.05, 3.63) is 174 Å². The number of carbonyl (C=O) groups is 1. The van der Waals surface area contributed by atoms with Crippen molar-refractivity contribution in [3.63, 3.8) is 0 Å². The van der Waals surface area contributed by atoms with Crippen molar-refractivity contribution in [2.45, 2.75) is 36.0 Å². The predicted molar refractivity (Wildman–Crippen MR) is 205 cm³/mol. The Kier molecular flexibility index (Phi) is 14.5. The number of aliphatic imine (C=N–C) groups is 1. The maximum absolute atomic E-state index is 11.6. The minimum atomic E-state index is -0.121. The van der Waals surface area contributed by atoms with E-state index in [2.05, 4.69) is 55.3 Å². The molecule has 0 aliphatic rings. The molecule has 0 atom stereocenters. The number of ether oxygens (including phenoxy) is 1. The summed E-state index contributed by atoms with van der Waals surface area (Å²) in [6.07, 6.45) is 3.44. The van der Waals surface area contributed by atoms with Crippen LogP contribution in [0, 0.1) is 0 Å². The molecule has 0 fully saturated rings. The van der Waals surface area contributed by atoms with Crippen molar-refractivity contribution in [2.24, 2.45) is 4.99 Å². The number of nitrogens with one attached hydrogen (secondary N) is 1. The van der Waals surface area contributed by atoms with Gasteiger partial charge in [0.2, 0.25) is 11.8 Å². The molecule has 0 aromatic heterocycles. The summed E-state index contributed by atoms with van der Waals surface area (Å²) in [7, 11) is 3.34. The highest BCUT2D eigenvalue weighted by atomic mass is 33.1. The Morgan fingerprint density at radius 1 is 0.660 bits per heavy atom. The van der Waals surface area contributed by atoms with Gasteiger partial charge >= 0.3 is 0 Å². The zero-order valence-electron chi connectivity index (χ0n) is 26.7. The molecule has 0 aliphatic carbocycles. The monoisotopic (exact) mass is 674 g/mol. The summed E-state index contributed by atoms with van der Waals surface area (Å²) in [4.78, 5) is 18.6. The SMILES string of the molecule is CC(C)(C)c1ccc(OC(/C=C/SSc2ccccc2)=Nc2ccccc2)cc1.O=C(/C=C\Sc1ccccc1)Nc1ccccc1. The minimum Gasteiger partial charge on any atom is -0.439 e. The van der Waals surface area contributed by atoms with E-state index in [4.69, 9.17) is 4.74 Å². The highest BCUT2D eigenvalue weighted by Gasteiger charge is 2.13. The Hall–Kier alpha value is -4.43. The van der Waals surface area contributed by atoms with Crippen LogP contribution in [0.3, 0.4) is 0 Å². The molecule has 1 amide bonds. The zero-order valence-corrected chi connectivity index (χ0v) is 29.1. The number of hydrogen-bond donors (Lipinski definition) is 1. The van der Waals surface area contributed by atoms with Crippen molar-refractivity contribution in [3.8, 4) is 5.75 Å². The average Bonchev–Trinajstić information content (AvgIpc) is 3.09. The number of carbonyl (C=O) groups excluding carboxylic acids is 1. The van der Waals surface area contributed by atoms with Crippen molar-refractivity contribution >= 4 is 56.5 Å². The second-order valence-electron chi connectivity index (χ2n) is 11.0. The van der Waals surface area contributed by atoms with Gasteiger partial charge in [0.25, 0.3) is 0 Å². The fraction of sp³-hybridized carbons (Fsp3) is 0.100. The van der Waals surface area contributed by atoms with Gasteiger partial charge in [-0.05, 0) is 82.5 Å². The van der Waals surface area contributed by atoms with Crippen LogP contribution in [-0.2, 0) is 10.2 Å². The van der Waals surface area contributed by atoms with Crippen LogP contribution in [0.4, 0.5) is 11.4 Å². The second-order valence-corrected chi connectivity index (χ2v) is 14.2. The van der Waals surface area contributed by atoms with E-state index in [9.17, 15) is 4.79 Å². The fourth-order valence-electron chi connectivity index (χ4n) is 3.89. The van der Waals surface area contributed by atoms with Crippen LogP contribution in [-0.4, -0.2) is 11.8 Å². The summed E-state index contributed by atoms with van der Waals surface area (Å²) < 4.78 is 6.08. The number of thioether (sulfide) groups is 1. The first kappa shape index (κ1) is 35.4. The molecular formula is C40H38N2O2S3. The first-order valence-corrected chi connectivity index (χ1v) is 18.2.